The monoisotopic (exact) mass is 471 g/mol. The van der Waals surface area contributed by atoms with Gasteiger partial charge in [-0.25, -0.2) is 4.79 Å². The summed E-state index contributed by atoms with van der Waals surface area (Å²) < 4.78 is 5.81. The number of hydrogen-bond acceptors (Lipinski definition) is 6. The second-order valence-electron chi connectivity index (χ2n) is 8.30. The van der Waals surface area contributed by atoms with Crippen molar-refractivity contribution in [1.82, 2.24) is 0 Å². The molecule has 0 atom stereocenters. The lowest BCUT2D eigenvalue weighted by Gasteiger charge is -2.05. The van der Waals surface area contributed by atoms with Crippen LogP contribution in [-0.4, -0.2) is 17.5 Å². The number of carbonyl (C=O) groups is 2. The van der Waals surface area contributed by atoms with E-state index in [9.17, 15) is 9.59 Å². The highest BCUT2D eigenvalue weighted by Gasteiger charge is 2.15. The van der Waals surface area contributed by atoms with Gasteiger partial charge in [-0.05, 0) is 78.6 Å². The molecule has 1 aromatic heterocycles. The Balaban J connectivity index is 1.45. The fraction of sp³-hybridized carbons (Fsp3) is 0.179. The van der Waals surface area contributed by atoms with Gasteiger partial charge in [-0.2, -0.15) is 0 Å². The predicted molar refractivity (Wildman–Crippen MR) is 135 cm³/mol. The average molecular weight is 472 g/mol. The van der Waals surface area contributed by atoms with Gasteiger partial charge in [0.25, 0.3) is 0 Å². The van der Waals surface area contributed by atoms with Crippen LogP contribution in [0, 0.1) is 0 Å². The van der Waals surface area contributed by atoms with E-state index in [0.717, 1.165) is 26.3 Å². The molecule has 0 saturated carbocycles. The van der Waals surface area contributed by atoms with Crippen molar-refractivity contribution in [2.45, 2.75) is 43.4 Å². The minimum absolute atomic E-state index is 0.134. The zero-order valence-electron chi connectivity index (χ0n) is 19.5. The average Bonchev–Trinajstić information content (AvgIpc) is 3.26. The van der Waals surface area contributed by atoms with Gasteiger partial charge in [-0.1, -0.05) is 49.0 Å². The molecule has 6 heteroatoms. The van der Waals surface area contributed by atoms with Crippen LogP contribution in [0.3, 0.4) is 0 Å². The van der Waals surface area contributed by atoms with E-state index in [1.54, 1.807) is 18.7 Å². The van der Waals surface area contributed by atoms with E-state index in [1.165, 1.54) is 12.5 Å². The van der Waals surface area contributed by atoms with Crippen LogP contribution < -0.4 is 0 Å². The van der Waals surface area contributed by atoms with Crippen LogP contribution in [0.5, 0.6) is 0 Å². The minimum Gasteiger partial charge on any atom is -0.453 e. The Bertz CT molecular complexity index is 1370. The smallest absolute Gasteiger partial charge is 0.331 e. The summed E-state index contributed by atoms with van der Waals surface area (Å²) in [6.07, 6.45) is 0. The second-order valence-corrected chi connectivity index (χ2v) is 9.45. The second kappa shape index (κ2) is 10.1. The maximum atomic E-state index is 13.0. The van der Waals surface area contributed by atoms with E-state index in [0.29, 0.717) is 23.0 Å². The van der Waals surface area contributed by atoms with E-state index >= 15 is 0 Å². The first-order valence-corrected chi connectivity index (χ1v) is 11.8. The number of benzene rings is 3. The zero-order chi connectivity index (χ0) is 24.2. The maximum Gasteiger partial charge on any atom is 0.331 e. The number of furan rings is 1. The molecule has 1 heterocycles. The molecule has 0 radical (unpaired) electrons. The molecule has 0 aliphatic carbocycles. The molecule has 0 N–H and O–H groups in total. The summed E-state index contributed by atoms with van der Waals surface area (Å²) in [6, 6.07) is 23.2. The van der Waals surface area contributed by atoms with Crippen molar-refractivity contribution in [3.05, 3.63) is 95.2 Å². The molecular weight excluding hydrogens is 446 g/mol. The van der Waals surface area contributed by atoms with Crippen LogP contribution in [0.4, 0.5) is 0 Å². The molecule has 34 heavy (non-hydrogen) atoms. The molecule has 0 bridgehead atoms. The fourth-order valence-corrected chi connectivity index (χ4v) is 4.25. The maximum absolute atomic E-state index is 13.0. The minimum atomic E-state index is -0.450. The van der Waals surface area contributed by atoms with Crippen LogP contribution >= 0.6 is 11.8 Å². The summed E-state index contributed by atoms with van der Waals surface area (Å²) >= 11 is 1.59. The van der Waals surface area contributed by atoms with Gasteiger partial charge in [0, 0.05) is 27.7 Å². The quantitative estimate of drug-likeness (QED) is 0.123. The molecular formula is C28H25NO4S. The number of ketones is 1. The zero-order valence-corrected chi connectivity index (χ0v) is 20.3. The molecule has 0 amide bonds. The van der Waals surface area contributed by atoms with E-state index in [2.05, 4.69) is 29.9 Å². The van der Waals surface area contributed by atoms with Crippen molar-refractivity contribution in [2.24, 2.45) is 5.16 Å². The number of rotatable bonds is 7. The lowest BCUT2D eigenvalue weighted by molar-refractivity contribution is -0.140. The van der Waals surface area contributed by atoms with Gasteiger partial charge in [0.05, 0.1) is 5.71 Å². The topological polar surface area (TPSA) is 68.9 Å². The molecule has 5 nitrogen and oxygen atoms in total. The summed E-state index contributed by atoms with van der Waals surface area (Å²) in [5.41, 5.74) is 4.02. The van der Waals surface area contributed by atoms with Gasteiger partial charge in [-0.3, -0.25) is 4.79 Å². The number of fused-ring (bicyclic) bond motifs is 1. The Morgan fingerprint density at radius 3 is 2.06 bits per heavy atom. The molecule has 0 fully saturated rings. The normalized spacial score (nSPS) is 11.7. The molecule has 0 unspecified atom stereocenters. The summed E-state index contributed by atoms with van der Waals surface area (Å²) in [5.74, 6) is 0.176. The van der Waals surface area contributed by atoms with Gasteiger partial charge in [0.1, 0.15) is 5.58 Å². The summed E-state index contributed by atoms with van der Waals surface area (Å²) in [7, 11) is 0. The van der Waals surface area contributed by atoms with Crippen molar-refractivity contribution in [3.8, 4) is 0 Å². The fourth-order valence-electron chi connectivity index (χ4n) is 3.44. The third-order valence-electron chi connectivity index (χ3n) is 5.37. The Kier molecular flexibility index (Phi) is 6.98. The van der Waals surface area contributed by atoms with Crippen molar-refractivity contribution in [3.63, 3.8) is 0 Å². The molecule has 4 aromatic rings. The van der Waals surface area contributed by atoms with E-state index in [1.807, 2.05) is 66.7 Å². The molecule has 0 saturated heterocycles. The van der Waals surface area contributed by atoms with Gasteiger partial charge in [0.2, 0.25) is 5.78 Å². The van der Waals surface area contributed by atoms with Gasteiger partial charge in [-0.15, -0.1) is 0 Å². The summed E-state index contributed by atoms with van der Waals surface area (Å²) in [4.78, 5) is 30.6. The summed E-state index contributed by atoms with van der Waals surface area (Å²) in [5, 5.41) is 4.75. The van der Waals surface area contributed by atoms with E-state index in [-0.39, 0.29) is 5.78 Å². The number of carbonyl (C=O) groups excluding carboxylic acids is 2. The highest BCUT2D eigenvalue weighted by atomic mass is 32.2. The third-order valence-corrected chi connectivity index (χ3v) is 6.38. The molecule has 0 aliphatic heterocycles. The SMILES string of the molecule is CC(=O)O/N=C(/C)c1ccc(Sc2ccc(C(=O)c3cc4cc(C(C)C)ccc4o3)cc2)cc1. The third kappa shape index (κ3) is 5.46. The Labute approximate surface area is 202 Å². The molecule has 0 spiro atoms. The molecule has 0 aliphatic rings. The van der Waals surface area contributed by atoms with Crippen LogP contribution in [0.25, 0.3) is 11.0 Å². The van der Waals surface area contributed by atoms with Crippen molar-refractivity contribution in [1.29, 1.82) is 0 Å². The van der Waals surface area contributed by atoms with Crippen LogP contribution in [0.2, 0.25) is 0 Å². The van der Waals surface area contributed by atoms with Gasteiger partial charge < -0.3 is 9.25 Å². The molecule has 4 rings (SSSR count). The highest BCUT2D eigenvalue weighted by Crippen LogP contribution is 2.29. The largest absolute Gasteiger partial charge is 0.453 e. The van der Waals surface area contributed by atoms with E-state index < -0.39 is 5.97 Å². The highest BCUT2D eigenvalue weighted by molar-refractivity contribution is 7.99. The first-order chi connectivity index (χ1) is 16.3. The van der Waals surface area contributed by atoms with Crippen LogP contribution in [-0.2, 0) is 9.63 Å². The standard InChI is InChI=1S/C28H25NO4S/c1-17(2)22-9-14-26-23(15-22)16-27(32-26)28(31)21-7-12-25(13-8-21)34-24-10-5-20(6-11-24)18(3)29-33-19(4)30/h5-17H,1-4H3/b29-18-. The van der Waals surface area contributed by atoms with Crippen molar-refractivity contribution >= 4 is 40.2 Å². The number of hydrogen-bond donors (Lipinski definition) is 0. The van der Waals surface area contributed by atoms with Crippen LogP contribution in [0.15, 0.2) is 92.2 Å². The number of nitrogens with zero attached hydrogens (tertiary/aromatic N) is 1. The first kappa shape index (κ1) is 23.5. The lowest BCUT2D eigenvalue weighted by Crippen LogP contribution is -1.99. The van der Waals surface area contributed by atoms with Crippen LogP contribution in [0.1, 0.15) is 60.9 Å². The summed E-state index contributed by atoms with van der Waals surface area (Å²) in [6.45, 7) is 7.38. The Hall–Kier alpha value is -3.64. The van der Waals surface area contributed by atoms with Crippen molar-refractivity contribution < 1.29 is 18.8 Å². The molecule has 172 valence electrons. The lowest BCUT2D eigenvalue weighted by atomic mass is 10.0. The van der Waals surface area contributed by atoms with Crippen molar-refractivity contribution in [2.75, 3.05) is 0 Å². The molecule has 3 aromatic carbocycles. The first-order valence-electron chi connectivity index (χ1n) is 11.0. The van der Waals surface area contributed by atoms with E-state index in [4.69, 9.17) is 4.42 Å². The Morgan fingerprint density at radius 2 is 1.47 bits per heavy atom. The van der Waals surface area contributed by atoms with Gasteiger partial charge in [0.15, 0.2) is 5.76 Å². The van der Waals surface area contributed by atoms with Gasteiger partial charge >= 0.3 is 5.97 Å². The number of oxime groups is 1. The predicted octanol–water partition coefficient (Wildman–Crippen LogP) is 7.23. The Morgan fingerprint density at radius 1 is 0.853 bits per heavy atom.